The lowest BCUT2D eigenvalue weighted by Gasteiger charge is -2.29. The Morgan fingerprint density at radius 3 is 1.85 bits per heavy atom. The average Bonchev–Trinajstić information content (AvgIpc) is 3.79. The molecule has 0 bridgehead atoms. The van der Waals surface area contributed by atoms with Gasteiger partial charge in [-0.3, -0.25) is 0 Å². The maximum absolute atomic E-state index is 6.46. The molecule has 0 atom stereocenters. The largest absolute Gasteiger partial charge is 0.456 e. The number of benzene rings is 9. The quantitative estimate of drug-likeness (QED) is 0.172. The zero-order valence-corrected chi connectivity index (χ0v) is 29.9. The molecule has 0 amide bonds. The van der Waals surface area contributed by atoms with Gasteiger partial charge in [0.1, 0.15) is 11.2 Å². The fraction of sp³-hybridized carbons (Fsp3) is 0. The van der Waals surface area contributed by atoms with Crippen LogP contribution >= 0.6 is 0 Å². The summed E-state index contributed by atoms with van der Waals surface area (Å²) in [4.78, 5) is 2.43. The van der Waals surface area contributed by atoms with E-state index in [4.69, 9.17) is 4.42 Å². The van der Waals surface area contributed by atoms with Gasteiger partial charge in [-0.15, -0.1) is 0 Å². The van der Waals surface area contributed by atoms with Crippen LogP contribution in [0.15, 0.2) is 211 Å². The molecule has 0 radical (unpaired) electrons. The van der Waals surface area contributed by atoms with Crippen molar-refractivity contribution in [2.75, 3.05) is 4.90 Å². The van der Waals surface area contributed by atoms with Crippen molar-refractivity contribution in [1.82, 2.24) is 4.57 Å². The van der Waals surface area contributed by atoms with E-state index in [1.165, 1.54) is 38.2 Å². The summed E-state index contributed by atoms with van der Waals surface area (Å²) in [5.74, 6) is 0. The first-order valence-corrected chi connectivity index (χ1v) is 18.8. The van der Waals surface area contributed by atoms with Gasteiger partial charge in [0.05, 0.1) is 22.4 Å². The minimum Gasteiger partial charge on any atom is -0.456 e. The normalized spacial score (nSPS) is 11.6. The molecule has 9 aromatic carbocycles. The van der Waals surface area contributed by atoms with Crippen LogP contribution in [0.3, 0.4) is 0 Å². The Balaban J connectivity index is 1.10. The highest BCUT2D eigenvalue weighted by Gasteiger charge is 2.23. The molecule has 0 saturated heterocycles. The van der Waals surface area contributed by atoms with Crippen LogP contribution in [0.2, 0.25) is 0 Å². The minimum absolute atomic E-state index is 0.895. The van der Waals surface area contributed by atoms with E-state index < -0.39 is 0 Å². The molecule has 0 saturated carbocycles. The van der Waals surface area contributed by atoms with E-state index in [1.54, 1.807) is 0 Å². The lowest BCUT2D eigenvalue weighted by Crippen LogP contribution is -2.11. The zero-order valence-electron chi connectivity index (χ0n) is 29.9. The molecule has 0 aliphatic carbocycles. The Morgan fingerprint density at radius 1 is 0.382 bits per heavy atom. The summed E-state index contributed by atoms with van der Waals surface area (Å²) in [7, 11) is 0. The molecule has 11 rings (SSSR count). The summed E-state index contributed by atoms with van der Waals surface area (Å²) in [6.07, 6.45) is 0. The fourth-order valence-corrected chi connectivity index (χ4v) is 8.42. The summed E-state index contributed by atoms with van der Waals surface area (Å²) >= 11 is 0. The number of nitrogens with zero attached hydrogens (tertiary/aromatic N) is 2. The highest BCUT2D eigenvalue weighted by molar-refractivity contribution is 6.17. The number of hydrogen-bond donors (Lipinski definition) is 0. The second kappa shape index (κ2) is 12.6. The maximum Gasteiger partial charge on any atom is 0.136 e. The molecule has 2 heterocycles. The molecule has 0 aliphatic heterocycles. The monoisotopic (exact) mass is 702 g/mol. The number of furan rings is 1. The van der Waals surface area contributed by atoms with E-state index in [1.807, 2.05) is 0 Å². The van der Waals surface area contributed by atoms with E-state index in [0.29, 0.717) is 0 Å². The summed E-state index contributed by atoms with van der Waals surface area (Å²) in [6.45, 7) is 0. The van der Waals surface area contributed by atoms with E-state index in [-0.39, 0.29) is 0 Å². The predicted molar refractivity (Wildman–Crippen MR) is 231 cm³/mol. The first-order chi connectivity index (χ1) is 27.3. The Hall–Kier alpha value is -7.36. The number of para-hydroxylation sites is 3. The van der Waals surface area contributed by atoms with Crippen molar-refractivity contribution in [2.24, 2.45) is 0 Å². The van der Waals surface area contributed by atoms with Gasteiger partial charge in [0.15, 0.2) is 0 Å². The lowest BCUT2D eigenvalue weighted by atomic mass is 9.99. The van der Waals surface area contributed by atoms with Gasteiger partial charge in [0, 0.05) is 38.5 Å². The van der Waals surface area contributed by atoms with Gasteiger partial charge in [0.2, 0.25) is 0 Å². The Labute approximate surface area is 318 Å². The Morgan fingerprint density at radius 2 is 1.02 bits per heavy atom. The van der Waals surface area contributed by atoms with Crippen LogP contribution < -0.4 is 4.90 Å². The second-order valence-corrected chi connectivity index (χ2v) is 14.1. The van der Waals surface area contributed by atoms with Crippen LogP contribution in [0.1, 0.15) is 0 Å². The van der Waals surface area contributed by atoms with E-state index in [9.17, 15) is 0 Å². The van der Waals surface area contributed by atoms with Crippen molar-refractivity contribution in [3.8, 4) is 27.9 Å². The molecular formula is C52H34N2O. The average molecular weight is 703 g/mol. The molecule has 55 heavy (non-hydrogen) atoms. The van der Waals surface area contributed by atoms with E-state index >= 15 is 0 Å². The number of aromatic nitrogens is 1. The van der Waals surface area contributed by atoms with Gasteiger partial charge in [-0.05, 0) is 100 Å². The summed E-state index contributed by atoms with van der Waals surface area (Å²) < 4.78 is 8.84. The van der Waals surface area contributed by atoms with Crippen LogP contribution in [-0.2, 0) is 0 Å². The topological polar surface area (TPSA) is 21.3 Å². The number of anilines is 3. The maximum atomic E-state index is 6.46. The van der Waals surface area contributed by atoms with Crippen molar-refractivity contribution in [1.29, 1.82) is 0 Å². The molecular weight excluding hydrogens is 669 g/mol. The summed E-state index contributed by atoms with van der Waals surface area (Å²) in [5, 5.41) is 7.10. The van der Waals surface area contributed by atoms with Crippen LogP contribution in [0, 0.1) is 0 Å². The molecule has 258 valence electrons. The summed E-state index contributed by atoms with van der Waals surface area (Å²) in [5.41, 5.74) is 13.2. The van der Waals surface area contributed by atoms with Gasteiger partial charge in [-0.25, -0.2) is 0 Å². The second-order valence-electron chi connectivity index (χ2n) is 14.1. The lowest BCUT2D eigenvalue weighted by molar-refractivity contribution is 0.669. The molecule has 3 nitrogen and oxygen atoms in total. The number of rotatable bonds is 6. The predicted octanol–water partition coefficient (Wildman–Crippen LogP) is 14.6. The van der Waals surface area contributed by atoms with Gasteiger partial charge in [-0.1, -0.05) is 133 Å². The Kier molecular flexibility index (Phi) is 7.17. The molecule has 0 spiro atoms. The van der Waals surface area contributed by atoms with Gasteiger partial charge >= 0.3 is 0 Å². The first-order valence-electron chi connectivity index (χ1n) is 18.8. The smallest absolute Gasteiger partial charge is 0.136 e. The summed E-state index contributed by atoms with van der Waals surface area (Å²) in [6, 6.07) is 73.9. The van der Waals surface area contributed by atoms with Crippen LogP contribution in [0.25, 0.3) is 82.5 Å². The third-order valence-electron chi connectivity index (χ3n) is 11.0. The molecule has 0 fully saturated rings. The van der Waals surface area contributed by atoms with Gasteiger partial charge in [0.25, 0.3) is 0 Å². The molecule has 11 aromatic rings. The van der Waals surface area contributed by atoms with Crippen LogP contribution in [0.4, 0.5) is 17.1 Å². The SMILES string of the molecule is c1ccc(-c2ccccc2N(c2ccc(-c3ccc4c(c3)oc3cc5ccccc5cc34)cc2)c2cccc3c2c2ccccc2n3-c2ccccc2)cc1. The van der Waals surface area contributed by atoms with E-state index in [2.05, 4.69) is 216 Å². The van der Waals surface area contributed by atoms with Crippen molar-refractivity contribution >= 4 is 71.6 Å². The van der Waals surface area contributed by atoms with Crippen LogP contribution in [0.5, 0.6) is 0 Å². The highest BCUT2D eigenvalue weighted by atomic mass is 16.3. The third kappa shape index (κ3) is 5.13. The molecule has 2 aromatic heterocycles. The standard InChI is InChI=1S/C52H34N2O/c1-3-14-36(15-4-1)42-20-9-11-22-46(42)54(49-25-13-24-48-52(49)44-21-10-12-23-47(44)53(48)40-18-5-2-6-19-40)41-29-26-35(27-30-41)39-28-31-43-45-32-37-16-7-8-17-38(37)33-51(45)55-50(43)34-39/h1-34H. The molecule has 0 aliphatic rings. The molecule has 0 unspecified atom stereocenters. The Bertz CT molecular complexity index is 3190. The molecule has 3 heteroatoms. The van der Waals surface area contributed by atoms with Crippen LogP contribution in [-0.4, -0.2) is 4.57 Å². The first kappa shape index (κ1) is 31.2. The fourth-order valence-electron chi connectivity index (χ4n) is 8.42. The highest BCUT2D eigenvalue weighted by Crippen LogP contribution is 2.47. The van der Waals surface area contributed by atoms with Crippen molar-refractivity contribution in [2.45, 2.75) is 0 Å². The van der Waals surface area contributed by atoms with Crippen molar-refractivity contribution < 1.29 is 4.42 Å². The van der Waals surface area contributed by atoms with Crippen molar-refractivity contribution in [3.63, 3.8) is 0 Å². The zero-order chi connectivity index (χ0) is 36.3. The van der Waals surface area contributed by atoms with E-state index in [0.717, 1.165) is 61.3 Å². The number of fused-ring (bicyclic) bond motifs is 7. The van der Waals surface area contributed by atoms with Gasteiger partial charge in [-0.2, -0.15) is 0 Å². The minimum atomic E-state index is 0.895. The molecule has 0 N–H and O–H groups in total. The van der Waals surface area contributed by atoms with Gasteiger partial charge < -0.3 is 13.9 Å². The third-order valence-corrected chi connectivity index (χ3v) is 11.0. The number of hydrogen-bond acceptors (Lipinski definition) is 2. The van der Waals surface area contributed by atoms with Crippen molar-refractivity contribution in [3.05, 3.63) is 206 Å².